The normalized spacial score (nSPS) is 17.4. The van der Waals surface area contributed by atoms with Crippen molar-refractivity contribution in [2.75, 3.05) is 24.5 Å². The predicted octanol–water partition coefficient (Wildman–Crippen LogP) is 3.03. The lowest BCUT2D eigenvalue weighted by Gasteiger charge is -2.33. The van der Waals surface area contributed by atoms with Crippen LogP contribution in [0.15, 0.2) is 36.5 Å². The van der Waals surface area contributed by atoms with Crippen LogP contribution in [0.25, 0.3) is 11.4 Å². The molecule has 0 saturated carbocycles. The molecule has 5 nitrogen and oxygen atoms in total. The van der Waals surface area contributed by atoms with Crippen LogP contribution < -0.4 is 10.2 Å². The van der Waals surface area contributed by atoms with Crippen LogP contribution in [0.1, 0.15) is 26.2 Å². The minimum Gasteiger partial charge on any atom is -0.356 e. The molecule has 0 aliphatic carbocycles. The molecule has 1 fully saturated rings. The number of nitrogens with one attached hydrogen (secondary N) is 1. The Morgan fingerprint density at radius 3 is 2.88 bits per heavy atom. The molecule has 0 bridgehead atoms. The Hall–Kier alpha value is -2.50. The Bertz CT molecular complexity index is 720. The van der Waals surface area contributed by atoms with E-state index < -0.39 is 0 Å². The summed E-state index contributed by atoms with van der Waals surface area (Å²) in [5, 5.41) is 2.98. The van der Waals surface area contributed by atoms with Gasteiger partial charge in [0.15, 0.2) is 5.82 Å². The van der Waals surface area contributed by atoms with Gasteiger partial charge in [0, 0.05) is 31.4 Å². The van der Waals surface area contributed by atoms with E-state index in [2.05, 4.69) is 20.2 Å². The largest absolute Gasteiger partial charge is 0.356 e. The topological polar surface area (TPSA) is 58.1 Å². The van der Waals surface area contributed by atoms with Gasteiger partial charge in [0.1, 0.15) is 11.6 Å². The summed E-state index contributed by atoms with van der Waals surface area (Å²) < 4.78 is 13.1. The number of carbonyl (C=O) groups is 1. The SMILES string of the molecule is CCCNC(=O)[C@@H]1CCCN(c2ccnc(-c3ccc(F)cc3)n2)C1. The molecule has 0 radical (unpaired) electrons. The van der Waals surface area contributed by atoms with E-state index in [1.54, 1.807) is 18.3 Å². The lowest BCUT2D eigenvalue weighted by Crippen LogP contribution is -2.43. The Morgan fingerprint density at radius 1 is 1.32 bits per heavy atom. The molecule has 1 aromatic carbocycles. The molecule has 2 heterocycles. The third-order valence-electron chi connectivity index (χ3n) is 4.41. The minimum atomic E-state index is -0.281. The molecule has 1 aliphatic rings. The maximum absolute atomic E-state index is 13.1. The van der Waals surface area contributed by atoms with Crippen molar-refractivity contribution in [3.05, 3.63) is 42.3 Å². The highest BCUT2D eigenvalue weighted by Gasteiger charge is 2.26. The van der Waals surface area contributed by atoms with Crippen molar-refractivity contribution in [3.63, 3.8) is 0 Å². The zero-order valence-electron chi connectivity index (χ0n) is 14.4. The van der Waals surface area contributed by atoms with Crippen molar-refractivity contribution in [3.8, 4) is 11.4 Å². The Kier molecular flexibility index (Phi) is 5.58. The summed E-state index contributed by atoms with van der Waals surface area (Å²) in [6.07, 6.45) is 4.51. The van der Waals surface area contributed by atoms with Crippen LogP contribution in [0, 0.1) is 11.7 Å². The lowest BCUT2D eigenvalue weighted by atomic mass is 9.97. The van der Waals surface area contributed by atoms with Gasteiger partial charge >= 0.3 is 0 Å². The van der Waals surface area contributed by atoms with Gasteiger partial charge in [0.05, 0.1) is 5.92 Å². The van der Waals surface area contributed by atoms with Gasteiger partial charge in [-0.15, -0.1) is 0 Å². The van der Waals surface area contributed by atoms with Crippen LogP contribution in [0.5, 0.6) is 0 Å². The predicted molar refractivity (Wildman–Crippen MR) is 95.7 cm³/mol. The van der Waals surface area contributed by atoms with Gasteiger partial charge in [-0.25, -0.2) is 14.4 Å². The third-order valence-corrected chi connectivity index (χ3v) is 4.41. The van der Waals surface area contributed by atoms with Crippen LogP contribution >= 0.6 is 0 Å². The Balaban J connectivity index is 1.74. The van der Waals surface area contributed by atoms with Gasteiger partial charge in [-0.2, -0.15) is 0 Å². The molecule has 1 aliphatic heterocycles. The summed E-state index contributed by atoms with van der Waals surface area (Å²) in [7, 11) is 0. The molecule has 1 amide bonds. The molecule has 132 valence electrons. The molecule has 1 N–H and O–H groups in total. The number of hydrogen-bond acceptors (Lipinski definition) is 4. The summed E-state index contributed by atoms with van der Waals surface area (Å²) in [4.78, 5) is 23.3. The second-order valence-corrected chi connectivity index (χ2v) is 6.32. The van der Waals surface area contributed by atoms with Crippen LogP contribution in [0.4, 0.5) is 10.2 Å². The van der Waals surface area contributed by atoms with Crippen molar-refractivity contribution < 1.29 is 9.18 Å². The van der Waals surface area contributed by atoms with Crippen LogP contribution in [0.3, 0.4) is 0 Å². The third kappa shape index (κ3) is 4.32. The molecular weight excluding hydrogens is 319 g/mol. The van der Waals surface area contributed by atoms with Crippen molar-refractivity contribution in [1.82, 2.24) is 15.3 Å². The number of piperidine rings is 1. The quantitative estimate of drug-likeness (QED) is 0.907. The van der Waals surface area contributed by atoms with Gasteiger partial charge in [0.25, 0.3) is 0 Å². The minimum absolute atomic E-state index is 0.00969. The average molecular weight is 342 g/mol. The molecule has 1 saturated heterocycles. The number of halogens is 1. The van der Waals surface area contributed by atoms with Crippen LogP contribution in [0.2, 0.25) is 0 Å². The van der Waals surface area contributed by atoms with Crippen molar-refractivity contribution >= 4 is 11.7 Å². The number of hydrogen-bond donors (Lipinski definition) is 1. The first-order valence-electron chi connectivity index (χ1n) is 8.79. The second kappa shape index (κ2) is 8.05. The summed E-state index contributed by atoms with van der Waals surface area (Å²) in [6.45, 7) is 4.30. The van der Waals surface area contributed by atoms with Crippen LogP contribution in [-0.4, -0.2) is 35.5 Å². The molecule has 3 rings (SSSR count). The monoisotopic (exact) mass is 342 g/mol. The maximum Gasteiger partial charge on any atom is 0.224 e. The highest BCUT2D eigenvalue weighted by molar-refractivity contribution is 5.79. The molecule has 1 aromatic heterocycles. The van der Waals surface area contributed by atoms with E-state index in [1.807, 2.05) is 13.0 Å². The van der Waals surface area contributed by atoms with E-state index in [0.29, 0.717) is 12.4 Å². The van der Waals surface area contributed by atoms with Gasteiger partial charge in [-0.1, -0.05) is 6.92 Å². The molecule has 0 spiro atoms. The first-order valence-corrected chi connectivity index (χ1v) is 8.79. The summed E-state index contributed by atoms with van der Waals surface area (Å²) in [5.41, 5.74) is 0.775. The molecular formula is C19H23FN4O. The van der Waals surface area contributed by atoms with Gasteiger partial charge in [0.2, 0.25) is 5.91 Å². The Morgan fingerprint density at radius 2 is 2.12 bits per heavy atom. The van der Waals surface area contributed by atoms with Crippen molar-refractivity contribution in [2.45, 2.75) is 26.2 Å². The van der Waals surface area contributed by atoms with Crippen molar-refractivity contribution in [1.29, 1.82) is 0 Å². The van der Waals surface area contributed by atoms with Crippen molar-refractivity contribution in [2.24, 2.45) is 5.92 Å². The summed E-state index contributed by atoms with van der Waals surface area (Å²) in [6, 6.07) is 8.01. The molecule has 1 atom stereocenters. The number of aromatic nitrogens is 2. The summed E-state index contributed by atoms with van der Waals surface area (Å²) >= 11 is 0. The zero-order valence-corrected chi connectivity index (χ0v) is 14.4. The number of carbonyl (C=O) groups excluding carboxylic acids is 1. The summed E-state index contributed by atoms with van der Waals surface area (Å²) in [5.74, 6) is 1.21. The molecule has 2 aromatic rings. The van der Waals surface area contributed by atoms with E-state index >= 15 is 0 Å². The molecule has 25 heavy (non-hydrogen) atoms. The smallest absolute Gasteiger partial charge is 0.224 e. The number of anilines is 1. The molecule has 6 heteroatoms. The van der Waals surface area contributed by atoms with Gasteiger partial charge < -0.3 is 10.2 Å². The lowest BCUT2D eigenvalue weighted by molar-refractivity contribution is -0.125. The van der Waals surface area contributed by atoms with Gasteiger partial charge in [-0.05, 0) is 49.6 Å². The van der Waals surface area contributed by atoms with E-state index in [4.69, 9.17) is 0 Å². The molecule has 0 unspecified atom stereocenters. The number of rotatable bonds is 5. The number of benzene rings is 1. The standard InChI is InChI=1S/C19H23FN4O/c1-2-10-22-19(25)15-4-3-12-24(13-15)17-9-11-21-18(23-17)14-5-7-16(20)8-6-14/h5-9,11,15H,2-4,10,12-13H2,1H3,(H,22,25)/t15-/m1/s1. The first kappa shape index (κ1) is 17.3. The van der Waals surface area contributed by atoms with Crippen LogP contribution in [-0.2, 0) is 4.79 Å². The Labute approximate surface area is 147 Å². The zero-order chi connectivity index (χ0) is 17.6. The van der Waals surface area contributed by atoms with E-state index in [9.17, 15) is 9.18 Å². The van der Waals surface area contributed by atoms with E-state index in [-0.39, 0.29) is 17.6 Å². The average Bonchev–Trinajstić information content (AvgIpc) is 2.67. The maximum atomic E-state index is 13.1. The van der Waals surface area contributed by atoms with E-state index in [1.165, 1.54) is 12.1 Å². The second-order valence-electron chi connectivity index (χ2n) is 6.32. The number of nitrogens with zero attached hydrogens (tertiary/aromatic N) is 3. The first-order chi connectivity index (χ1) is 12.2. The number of amides is 1. The fraction of sp³-hybridized carbons (Fsp3) is 0.421. The fourth-order valence-corrected chi connectivity index (χ4v) is 3.06. The van der Waals surface area contributed by atoms with E-state index in [0.717, 1.165) is 43.7 Å². The fourth-order valence-electron chi connectivity index (χ4n) is 3.06. The van der Waals surface area contributed by atoms with Gasteiger partial charge in [-0.3, -0.25) is 4.79 Å². The highest BCUT2D eigenvalue weighted by Crippen LogP contribution is 2.24. The highest BCUT2D eigenvalue weighted by atomic mass is 19.1.